The number of nitrogens with one attached hydrogen (secondary N) is 1. The van der Waals surface area contributed by atoms with Crippen molar-refractivity contribution in [3.63, 3.8) is 0 Å². The summed E-state index contributed by atoms with van der Waals surface area (Å²) in [6, 6.07) is 6.35. The minimum absolute atomic E-state index is 0.0119. The topological polar surface area (TPSA) is 58.6 Å². The van der Waals surface area contributed by atoms with E-state index in [4.69, 9.17) is 9.84 Å². The molecule has 0 aliphatic carbocycles. The fraction of sp³-hybridized carbons (Fsp3) is 0.588. The fourth-order valence-corrected chi connectivity index (χ4v) is 2.61. The minimum Gasteiger partial charge on any atom is -0.396 e. The van der Waals surface area contributed by atoms with Crippen LogP contribution < -0.4 is 5.32 Å². The van der Waals surface area contributed by atoms with E-state index in [2.05, 4.69) is 37.4 Å². The quantitative estimate of drug-likeness (QED) is 0.772. The molecule has 21 heavy (non-hydrogen) atoms. The van der Waals surface area contributed by atoms with Gasteiger partial charge >= 0.3 is 0 Å². The molecule has 1 unspecified atom stereocenters. The maximum Gasteiger partial charge on any atom is 0.220 e. The van der Waals surface area contributed by atoms with E-state index in [1.54, 1.807) is 7.11 Å². The van der Waals surface area contributed by atoms with Crippen LogP contribution in [-0.2, 0) is 16.0 Å². The second-order valence-electron chi connectivity index (χ2n) is 6.01. The van der Waals surface area contributed by atoms with Gasteiger partial charge in [-0.2, -0.15) is 0 Å². The summed E-state index contributed by atoms with van der Waals surface area (Å²) < 4.78 is 5.13. The number of aliphatic hydroxyl groups is 1. The molecule has 1 rings (SSSR count). The lowest BCUT2D eigenvalue weighted by molar-refractivity contribution is -0.123. The number of carbonyl (C=O) groups is 1. The maximum absolute atomic E-state index is 12.1. The van der Waals surface area contributed by atoms with Crippen molar-refractivity contribution < 1.29 is 14.6 Å². The van der Waals surface area contributed by atoms with Gasteiger partial charge in [0.1, 0.15) is 0 Å². The van der Waals surface area contributed by atoms with Crippen LogP contribution in [0, 0.1) is 13.8 Å². The Kier molecular flexibility index (Phi) is 6.85. The van der Waals surface area contributed by atoms with Crippen LogP contribution in [0.4, 0.5) is 0 Å². The third-order valence-electron chi connectivity index (χ3n) is 3.49. The lowest BCUT2D eigenvalue weighted by Gasteiger charge is -2.29. The van der Waals surface area contributed by atoms with Crippen LogP contribution in [0.5, 0.6) is 0 Å². The third kappa shape index (κ3) is 6.27. The number of hydrogen-bond donors (Lipinski definition) is 2. The summed E-state index contributed by atoms with van der Waals surface area (Å²) in [5.41, 5.74) is 3.10. The molecule has 0 bridgehead atoms. The molecule has 4 heteroatoms. The Morgan fingerprint density at radius 2 is 1.90 bits per heavy atom. The van der Waals surface area contributed by atoms with Crippen LogP contribution in [0.3, 0.4) is 0 Å². The number of aryl methyl sites for hydroxylation is 3. The van der Waals surface area contributed by atoms with Gasteiger partial charge in [-0.15, -0.1) is 0 Å². The van der Waals surface area contributed by atoms with Crippen molar-refractivity contribution in [1.29, 1.82) is 0 Å². The summed E-state index contributed by atoms with van der Waals surface area (Å²) in [4.78, 5) is 12.1. The minimum atomic E-state index is -0.511. The molecule has 0 spiro atoms. The SMILES string of the molecule is COCC(C)(CCO)NC(=O)CCc1cc(C)cc(C)c1. The molecule has 0 radical (unpaired) electrons. The van der Waals surface area contributed by atoms with E-state index in [9.17, 15) is 4.79 Å². The average Bonchev–Trinajstić information content (AvgIpc) is 2.35. The number of benzene rings is 1. The van der Waals surface area contributed by atoms with E-state index >= 15 is 0 Å². The summed E-state index contributed by atoms with van der Waals surface area (Å²) in [5.74, 6) is -0.0119. The Morgan fingerprint density at radius 3 is 2.43 bits per heavy atom. The molecule has 0 saturated carbocycles. The normalized spacial score (nSPS) is 13.8. The Morgan fingerprint density at radius 1 is 1.29 bits per heavy atom. The molecular weight excluding hydrogens is 266 g/mol. The van der Waals surface area contributed by atoms with E-state index in [1.807, 2.05) is 6.92 Å². The van der Waals surface area contributed by atoms with Crippen molar-refractivity contribution in [1.82, 2.24) is 5.32 Å². The molecule has 1 aromatic carbocycles. The highest BCUT2D eigenvalue weighted by Gasteiger charge is 2.25. The highest BCUT2D eigenvalue weighted by atomic mass is 16.5. The van der Waals surface area contributed by atoms with Gasteiger partial charge in [0, 0.05) is 20.1 Å². The molecule has 1 atom stereocenters. The molecule has 0 aliphatic heterocycles. The van der Waals surface area contributed by atoms with E-state index in [1.165, 1.54) is 16.7 Å². The predicted molar refractivity (Wildman–Crippen MR) is 84.4 cm³/mol. The molecule has 0 aliphatic rings. The number of rotatable bonds is 8. The monoisotopic (exact) mass is 293 g/mol. The van der Waals surface area contributed by atoms with Gasteiger partial charge in [0.15, 0.2) is 0 Å². The largest absolute Gasteiger partial charge is 0.396 e. The van der Waals surface area contributed by atoms with Crippen molar-refractivity contribution in [2.45, 2.75) is 45.6 Å². The van der Waals surface area contributed by atoms with Gasteiger partial charge < -0.3 is 15.2 Å². The van der Waals surface area contributed by atoms with Crippen LogP contribution >= 0.6 is 0 Å². The van der Waals surface area contributed by atoms with Gasteiger partial charge in [-0.3, -0.25) is 4.79 Å². The number of carbonyl (C=O) groups excluding carboxylic acids is 1. The van der Waals surface area contributed by atoms with Crippen molar-refractivity contribution in [3.05, 3.63) is 34.9 Å². The molecular formula is C17H27NO3. The molecule has 1 amide bonds. The van der Waals surface area contributed by atoms with Crippen molar-refractivity contribution in [2.75, 3.05) is 20.3 Å². The second-order valence-corrected chi connectivity index (χ2v) is 6.01. The first kappa shape index (κ1) is 17.7. The van der Waals surface area contributed by atoms with Gasteiger partial charge in [-0.1, -0.05) is 29.3 Å². The molecule has 0 fully saturated rings. The molecule has 0 heterocycles. The van der Waals surface area contributed by atoms with E-state index in [0.717, 1.165) is 6.42 Å². The molecule has 1 aromatic rings. The predicted octanol–water partition coefficient (Wildman–Crippen LogP) is 2.14. The first-order chi connectivity index (χ1) is 9.88. The molecule has 0 aromatic heterocycles. The Hall–Kier alpha value is -1.39. The highest BCUT2D eigenvalue weighted by Crippen LogP contribution is 2.13. The first-order valence-corrected chi connectivity index (χ1v) is 7.36. The summed E-state index contributed by atoms with van der Waals surface area (Å²) >= 11 is 0. The molecule has 118 valence electrons. The second kappa shape index (κ2) is 8.15. The average molecular weight is 293 g/mol. The van der Waals surface area contributed by atoms with Gasteiger partial charge in [-0.25, -0.2) is 0 Å². The first-order valence-electron chi connectivity index (χ1n) is 7.36. The zero-order valence-electron chi connectivity index (χ0n) is 13.5. The summed E-state index contributed by atoms with van der Waals surface area (Å²) in [6.07, 6.45) is 1.64. The smallest absolute Gasteiger partial charge is 0.220 e. The van der Waals surface area contributed by atoms with E-state index < -0.39 is 5.54 Å². The van der Waals surface area contributed by atoms with Crippen molar-refractivity contribution in [3.8, 4) is 0 Å². The van der Waals surface area contributed by atoms with Gasteiger partial charge in [0.05, 0.1) is 12.1 Å². The summed E-state index contributed by atoms with van der Waals surface area (Å²) in [5, 5.41) is 12.1. The van der Waals surface area contributed by atoms with E-state index in [0.29, 0.717) is 19.4 Å². The Bertz CT molecular complexity index is 445. The number of methoxy groups -OCH3 is 1. The van der Waals surface area contributed by atoms with Gasteiger partial charge in [0.2, 0.25) is 5.91 Å². The lowest BCUT2D eigenvalue weighted by Crippen LogP contribution is -2.50. The zero-order valence-corrected chi connectivity index (χ0v) is 13.5. The highest BCUT2D eigenvalue weighted by molar-refractivity contribution is 5.77. The molecule has 0 saturated heterocycles. The van der Waals surface area contributed by atoms with Gasteiger partial charge in [-0.05, 0) is 39.2 Å². The van der Waals surface area contributed by atoms with Crippen molar-refractivity contribution >= 4 is 5.91 Å². The molecule has 4 nitrogen and oxygen atoms in total. The maximum atomic E-state index is 12.1. The fourth-order valence-electron chi connectivity index (χ4n) is 2.61. The number of ether oxygens (including phenoxy) is 1. The Labute approximate surface area is 127 Å². The van der Waals surface area contributed by atoms with Crippen LogP contribution in [-0.4, -0.2) is 36.9 Å². The number of aliphatic hydroxyl groups excluding tert-OH is 1. The Balaban J connectivity index is 2.56. The van der Waals surface area contributed by atoms with E-state index in [-0.39, 0.29) is 12.5 Å². The van der Waals surface area contributed by atoms with Crippen LogP contribution in [0.2, 0.25) is 0 Å². The zero-order chi connectivity index (χ0) is 15.9. The van der Waals surface area contributed by atoms with Crippen LogP contribution in [0.1, 0.15) is 36.5 Å². The summed E-state index contributed by atoms with van der Waals surface area (Å²) in [7, 11) is 1.59. The number of amides is 1. The number of hydrogen-bond acceptors (Lipinski definition) is 3. The van der Waals surface area contributed by atoms with Crippen molar-refractivity contribution in [2.24, 2.45) is 0 Å². The lowest BCUT2D eigenvalue weighted by atomic mass is 9.98. The summed E-state index contributed by atoms with van der Waals surface area (Å²) in [6.45, 7) is 6.43. The third-order valence-corrected chi connectivity index (χ3v) is 3.49. The standard InChI is InChI=1S/C17H27NO3/c1-13-9-14(2)11-15(10-13)5-6-16(20)18-17(3,7-8-19)12-21-4/h9-11,19H,5-8,12H2,1-4H3,(H,18,20). The molecule has 2 N–H and O–H groups in total. The van der Waals surface area contributed by atoms with Crippen LogP contribution in [0.25, 0.3) is 0 Å². The van der Waals surface area contributed by atoms with Gasteiger partial charge in [0.25, 0.3) is 0 Å². The van der Waals surface area contributed by atoms with Crippen LogP contribution in [0.15, 0.2) is 18.2 Å².